The third kappa shape index (κ3) is 5.12. The van der Waals surface area contributed by atoms with Crippen molar-refractivity contribution >= 4 is 10.8 Å². The molecule has 1 aliphatic rings. The summed E-state index contributed by atoms with van der Waals surface area (Å²) in [5.41, 5.74) is 3.37. The molecule has 0 N–H and O–H groups in total. The standard InChI is InChI=1S/C27H28FNO2/c1-2-3-4-21-17-30-27(31-18-21)24-13-14-25-23(15-24)12-11-22(26(25)28)10-9-19-5-7-20(16-29)8-6-19/h5-8,11-15,21,27H,2-4,9-10,17-18H2,1H3. The second kappa shape index (κ2) is 10.0. The Morgan fingerprint density at radius 1 is 1.00 bits per heavy atom. The molecule has 4 heteroatoms. The molecule has 0 bridgehead atoms. The zero-order chi connectivity index (χ0) is 21.6. The Balaban J connectivity index is 1.43. The van der Waals surface area contributed by atoms with Gasteiger partial charge in [-0.25, -0.2) is 4.39 Å². The van der Waals surface area contributed by atoms with Crippen LogP contribution in [0.2, 0.25) is 0 Å². The van der Waals surface area contributed by atoms with Crippen LogP contribution in [-0.4, -0.2) is 13.2 Å². The highest BCUT2D eigenvalue weighted by atomic mass is 19.1. The van der Waals surface area contributed by atoms with Crippen LogP contribution in [0.25, 0.3) is 10.8 Å². The van der Waals surface area contributed by atoms with E-state index in [-0.39, 0.29) is 12.1 Å². The van der Waals surface area contributed by atoms with Crippen molar-refractivity contribution in [1.29, 1.82) is 5.26 Å². The molecule has 3 aromatic rings. The lowest BCUT2D eigenvalue weighted by Crippen LogP contribution is -2.27. The molecule has 0 atom stereocenters. The van der Waals surface area contributed by atoms with Crippen LogP contribution >= 0.6 is 0 Å². The van der Waals surface area contributed by atoms with Gasteiger partial charge in [-0.3, -0.25) is 0 Å². The van der Waals surface area contributed by atoms with Crippen molar-refractivity contribution in [3.8, 4) is 6.07 Å². The highest BCUT2D eigenvalue weighted by Crippen LogP contribution is 2.31. The maximum atomic E-state index is 15.1. The van der Waals surface area contributed by atoms with E-state index in [1.54, 1.807) is 12.1 Å². The molecular formula is C27H28FNO2. The third-order valence-electron chi connectivity index (χ3n) is 6.03. The maximum Gasteiger partial charge on any atom is 0.183 e. The Morgan fingerprint density at radius 2 is 1.77 bits per heavy atom. The lowest BCUT2D eigenvalue weighted by molar-refractivity contribution is -0.206. The summed E-state index contributed by atoms with van der Waals surface area (Å²) in [6.07, 6.45) is 4.49. The van der Waals surface area contributed by atoms with Gasteiger partial charge in [0.1, 0.15) is 5.82 Å². The van der Waals surface area contributed by atoms with Crippen LogP contribution in [0, 0.1) is 23.1 Å². The first kappa shape index (κ1) is 21.5. The Labute approximate surface area is 183 Å². The average Bonchev–Trinajstić information content (AvgIpc) is 2.83. The van der Waals surface area contributed by atoms with Gasteiger partial charge in [0.25, 0.3) is 0 Å². The molecule has 1 aliphatic heterocycles. The maximum absolute atomic E-state index is 15.1. The van der Waals surface area contributed by atoms with E-state index < -0.39 is 0 Å². The number of fused-ring (bicyclic) bond motifs is 1. The number of ether oxygens (including phenoxy) is 2. The molecule has 0 saturated carbocycles. The summed E-state index contributed by atoms with van der Waals surface area (Å²) in [5.74, 6) is 0.301. The molecule has 160 valence electrons. The number of rotatable bonds is 7. The molecule has 1 fully saturated rings. The second-order valence-electron chi connectivity index (χ2n) is 8.33. The molecule has 3 aromatic carbocycles. The van der Waals surface area contributed by atoms with Gasteiger partial charge in [-0.2, -0.15) is 5.26 Å². The lowest BCUT2D eigenvalue weighted by atomic mass is 9.98. The van der Waals surface area contributed by atoms with E-state index in [0.29, 0.717) is 42.1 Å². The first-order valence-corrected chi connectivity index (χ1v) is 11.1. The number of unbranched alkanes of at least 4 members (excludes halogenated alkanes) is 1. The van der Waals surface area contributed by atoms with Crippen molar-refractivity contribution in [3.63, 3.8) is 0 Å². The highest BCUT2D eigenvalue weighted by molar-refractivity contribution is 5.84. The Morgan fingerprint density at radius 3 is 2.48 bits per heavy atom. The van der Waals surface area contributed by atoms with E-state index in [0.717, 1.165) is 29.4 Å². The van der Waals surface area contributed by atoms with E-state index in [9.17, 15) is 0 Å². The van der Waals surface area contributed by atoms with Gasteiger partial charge in [0.15, 0.2) is 6.29 Å². The summed E-state index contributed by atoms with van der Waals surface area (Å²) in [6, 6.07) is 19.1. The molecule has 0 aliphatic carbocycles. The highest BCUT2D eigenvalue weighted by Gasteiger charge is 2.23. The van der Waals surface area contributed by atoms with Gasteiger partial charge < -0.3 is 9.47 Å². The van der Waals surface area contributed by atoms with Crippen LogP contribution in [0.15, 0.2) is 54.6 Å². The molecule has 4 rings (SSSR count). The second-order valence-corrected chi connectivity index (χ2v) is 8.33. The molecular weight excluding hydrogens is 389 g/mol. The molecule has 31 heavy (non-hydrogen) atoms. The number of aryl methyl sites for hydroxylation is 2. The third-order valence-corrected chi connectivity index (χ3v) is 6.03. The first-order valence-electron chi connectivity index (χ1n) is 11.1. The van der Waals surface area contributed by atoms with Crippen LogP contribution in [0.3, 0.4) is 0 Å². The van der Waals surface area contributed by atoms with Crippen LogP contribution in [-0.2, 0) is 22.3 Å². The number of hydrogen-bond acceptors (Lipinski definition) is 3. The normalized spacial score (nSPS) is 18.7. The summed E-state index contributed by atoms with van der Waals surface area (Å²) < 4.78 is 27.0. The predicted octanol–water partition coefficient (Wildman–Crippen LogP) is 6.49. The summed E-state index contributed by atoms with van der Waals surface area (Å²) in [5, 5.41) is 10.4. The number of nitriles is 1. The smallest absolute Gasteiger partial charge is 0.183 e. The van der Waals surface area contributed by atoms with Crippen LogP contribution < -0.4 is 0 Å². The SMILES string of the molecule is CCCCC1COC(c2ccc3c(F)c(CCc4ccc(C#N)cc4)ccc3c2)OC1. The van der Waals surface area contributed by atoms with Gasteiger partial charge in [0.2, 0.25) is 0 Å². The van der Waals surface area contributed by atoms with Crippen molar-refractivity contribution < 1.29 is 13.9 Å². The largest absolute Gasteiger partial charge is 0.348 e. The monoisotopic (exact) mass is 417 g/mol. The number of benzene rings is 3. The predicted molar refractivity (Wildman–Crippen MR) is 120 cm³/mol. The molecule has 3 nitrogen and oxygen atoms in total. The average molecular weight is 418 g/mol. The zero-order valence-corrected chi connectivity index (χ0v) is 17.9. The molecule has 0 aromatic heterocycles. The van der Waals surface area contributed by atoms with Gasteiger partial charge in [-0.05, 0) is 54.0 Å². The minimum atomic E-state index is -0.374. The minimum absolute atomic E-state index is 0.164. The van der Waals surface area contributed by atoms with Crippen molar-refractivity contribution in [2.24, 2.45) is 5.92 Å². The van der Waals surface area contributed by atoms with E-state index in [1.807, 2.05) is 42.5 Å². The Hall–Kier alpha value is -2.74. The van der Waals surface area contributed by atoms with Gasteiger partial charge in [-0.15, -0.1) is 0 Å². The molecule has 0 radical (unpaired) electrons. The van der Waals surface area contributed by atoms with Crippen LogP contribution in [0.1, 0.15) is 54.7 Å². The number of halogens is 1. The van der Waals surface area contributed by atoms with E-state index in [1.165, 1.54) is 12.8 Å². The summed E-state index contributed by atoms with van der Waals surface area (Å²) in [7, 11) is 0. The molecule has 1 heterocycles. The van der Waals surface area contributed by atoms with Crippen molar-refractivity contribution in [2.75, 3.05) is 13.2 Å². The van der Waals surface area contributed by atoms with E-state index in [2.05, 4.69) is 13.0 Å². The summed E-state index contributed by atoms with van der Waals surface area (Å²) in [4.78, 5) is 0. The summed E-state index contributed by atoms with van der Waals surface area (Å²) >= 11 is 0. The van der Waals surface area contributed by atoms with Gasteiger partial charge in [-0.1, -0.05) is 56.2 Å². The van der Waals surface area contributed by atoms with Gasteiger partial charge in [0.05, 0.1) is 24.8 Å². The minimum Gasteiger partial charge on any atom is -0.348 e. The quantitative estimate of drug-likeness (QED) is 0.441. The van der Waals surface area contributed by atoms with Gasteiger partial charge >= 0.3 is 0 Å². The Bertz CT molecular complexity index is 1060. The molecule has 0 spiro atoms. The topological polar surface area (TPSA) is 42.2 Å². The lowest BCUT2D eigenvalue weighted by Gasteiger charge is -2.29. The fraction of sp³-hybridized carbons (Fsp3) is 0.370. The van der Waals surface area contributed by atoms with Crippen molar-refractivity contribution in [1.82, 2.24) is 0 Å². The van der Waals surface area contributed by atoms with Crippen LogP contribution in [0.4, 0.5) is 4.39 Å². The van der Waals surface area contributed by atoms with E-state index in [4.69, 9.17) is 14.7 Å². The van der Waals surface area contributed by atoms with Crippen LogP contribution in [0.5, 0.6) is 0 Å². The fourth-order valence-corrected chi connectivity index (χ4v) is 4.12. The molecule has 0 unspecified atom stereocenters. The summed E-state index contributed by atoms with van der Waals surface area (Å²) in [6.45, 7) is 3.62. The van der Waals surface area contributed by atoms with Crippen molar-refractivity contribution in [3.05, 3.63) is 82.7 Å². The zero-order valence-electron chi connectivity index (χ0n) is 17.9. The first-order chi connectivity index (χ1) is 15.2. The molecule has 1 saturated heterocycles. The Kier molecular flexibility index (Phi) is 6.96. The number of nitrogens with zero attached hydrogens (tertiary/aromatic N) is 1. The number of hydrogen-bond donors (Lipinski definition) is 0. The van der Waals surface area contributed by atoms with Crippen molar-refractivity contribution in [2.45, 2.75) is 45.3 Å². The van der Waals surface area contributed by atoms with Gasteiger partial charge in [0, 0.05) is 16.9 Å². The molecule has 0 amide bonds. The fourth-order valence-electron chi connectivity index (χ4n) is 4.12. The van der Waals surface area contributed by atoms with E-state index >= 15 is 4.39 Å².